The minimum absolute atomic E-state index is 0.116. The molecule has 1 aromatic carbocycles. The maximum atomic E-state index is 12.4. The van der Waals surface area contributed by atoms with Gasteiger partial charge in [-0.15, -0.1) is 0 Å². The van der Waals surface area contributed by atoms with Gasteiger partial charge in [-0.25, -0.2) is 4.79 Å². The van der Waals surface area contributed by atoms with E-state index >= 15 is 0 Å². The SMILES string of the molecule is C[C@@]1(C2CC2)NC(=O)N(Cc2ccc(Cl)cc2)C1=O. The van der Waals surface area contributed by atoms with Gasteiger partial charge < -0.3 is 5.32 Å². The molecule has 1 heterocycles. The molecular formula is C14H15ClN2O2. The van der Waals surface area contributed by atoms with Gasteiger partial charge >= 0.3 is 6.03 Å². The van der Waals surface area contributed by atoms with Crippen molar-refractivity contribution in [2.75, 3.05) is 0 Å². The minimum atomic E-state index is -0.705. The molecule has 2 aliphatic rings. The fourth-order valence-corrected chi connectivity index (χ4v) is 2.70. The summed E-state index contributed by atoms with van der Waals surface area (Å²) in [6.45, 7) is 2.12. The Kier molecular flexibility index (Phi) is 2.78. The van der Waals surface area contributed by atoms with E-state index < -0.39 is 5.54 Å². The van der Waals surface area contributed by atoms with E-state index in [1.54, 1.807) is 12.1 Å². The lowest BCUT2D eigenvalue weighted by Crippen LogP contribution is -2.46. The molecule has 0 bridgehead atoms. The summed E-state index contributed by atoms with van der Waals surface area (Å²) in [6, 6.07) is 6.88. The maximum absolute atomic E-state index is 12.4. The lowest BCUT2D eigenvalue weighted by atomic mass is 9.96. The predicted octanol–water partition coefficient (Wildman–Crippen LogP) is 2.56. The van der Waals surface area contributed by atoms with E-state index in [1.807, 2.05) is 19.1 Å². The Morgan fingerprint density at radius 3 is 2.53 bits per heavy atom. The lowest BCUT2D eigenvalue weighted by molar-refractivity contribution is -0.131. The standard InChI is InChI=1S/C14H15ClN2O2/c1-14(10-4-5-10)12(18)17(13(19)16-14)8-9-2-6-11(15)7-3-9/h2-3,6-7,10H,4-5,8H2,1H3,(H,16,19)/t14-/m0/s1. The molecule has 2 fully saturated rings. The molecule has 3 rings (SSSR count). The third-order valence-electron chi connectivity index (χ3n) is 3.95. The highest BCUT2D eigenvalue weighted by Crippen LogP contribution is 2.42. The number of benzene rings is 1. The first-order valence-electron chi connectivity index (χ1n) is 6.39. The summed E-state index contributed by atoms with van der Waals surface area (Å²) in [7, 11) is 0. The van der Waals surface area contributed by atoms with Gasteiger partial charge in [0.2, 0.25) is 0 Å². The molecule has 0 aromatic heterocycles. The van der Waals surface area contributed by atoms with Gasteiger partial charge in [0.05, 0.1) is 6.54 Å². The highest BCUT2D eigenvalue weighted by molar-refractivity contribution is 6.30. The van der Waals surface area contributed by atoms with Crippen molar-refractivity contribution in [3.8, 4) is 0 Å². The molecule has 5 heteroatoms. The van der Waals surface area contributed by atoms with Gasteiger partial charge in [0.1, 0.15) is 5.54 Å². The Morgan fingerprint density at radius 1 is 1.32 bits per heavy atom. The van der Waals surface area contributed by atoms with Crippen LogP contribution in [0.25, 0.3) is 0 Å². The normalized spacial score (nSPS) is 26.7. The van der Waals surface area contributed by atoms with Gasteiger partial charge in [-0.05, 0) is 43.4 Å². The molecule has 0 unspecified atom stereocenters. The van der Waals surface area contributed by atoms with Crippen molar-refractivity contribution in [1.29, 1.82) is 0 Å². The number of carbonyl (C=O) groups is 2. The fourth-order valence-electron chi connectivity index (χ4n) is 2.57. The zero-order chi connectivity index (χ0) is 13.6. The monoisotopic (exact) mass is 278 g/mol. The molecule has 19 heavy (non-hydrogen) atoms. The van der Waals surface area contributed by atoms with E-state index in [0.29, 0.717) is 17.5 Å². The van der Waals surface area contributed by atoms with Crippen LogP contribution < -0.4 is 5.32 Å². The molecule has 0 spiro atoms. The van der Waals surface area contributed by atoms with E-state index in [0.717, 1.165) is 18.4 Å². The summed E-state index contributed by atoms with van der Waals surface area (Å²) >= 11 is 5.82. The Morgan fingerprint density at radius 2 is 1.95 bits per heavy atom. The van der Waals surface area contributed by atoms with Crippen LogP contribution in [0.4, 0.5) is 4.79 Å². The van der Waals surface area contributed by atoms with Gasteiger partial charge in [0, 0.05) is 5.02 Å². The number of urea groups is 1. The second kappa shape index (κ2) is 4.23. The number of amides is 3. The predicted molar refractivity (Wildman–Crippen MR) is 71.7 cm³/mol. The molecule has 1 saturated carbocycles. The summed E-state index contributed by atoms with van der Waals surface area (Å²) in [5.41, 5.74) is 0.191. The van der Waals surface area contributed by atoms with E-state index in [1.165, 1.54) is 4.90 Å². The van der Waals surface area contributed by atoms with Crippen LogP contribution in [0.5, 0.6) is 0 Å². The Bertz CT molecular complexity index is 539. The molecule has 1 saturated heterocycles. The van der Waals surface area contributed by atoms with Crippen molar-refractivity contribution in [1.82, 2.24) is 10.2 Å². The third kappa shape index (κ3) is 2.10. The van der Waals surface area contributed by atoms with Gasteiger partial charge in [-0.3, -0.25) is 9.69 Å². The Hall–Kier alpha value is -1.55. The molecule has 3 amide bonds. The number of rotatable bonds is 3. The van der Waals surface area contributed by atoms with Gasteiger partial charge in [-0.1, -0.05) is 23.7 Å². The van der Waals surface area contributed by atoms with Crippen molar-refractivity contribution in [3.05, 3.63) is 34.9 Å². The molecule has 100 valence electrons. The van der Waals surface area contributed by atoms with E-state index in [9.17, 15) is 9.59 Å². The van der Waals surface area contributed by atoms with Crippen molar-refractivity contribution >= 4 is 23.5 Å². The van der Waals surface area contributed by atoms with Crippen LogP contribution in [-0.2, 0) is 11.3 Å². The largest absolute Gasteiger partial charge is 0.325 e. The topological polar surface area (TPSA) is 49.4 Å². The number of imide groups is 1. The fraction of sp³-hybridized carbons (Fsp3) is 0.429. The van der Waals surface area contributed by atoms with Crippen LogP contribution in [-0.4, -0.2) is 22.4 Å². The molecule has 4 nitrogen and oxygen atoms in total. The molecule has 0 radical (unpaired) electrons. The smallest absolute Gasteiger partial charge is 0.323 e. The summed E-state index contributed by atoms with van der Waals surface area (Å²) < 4.78 is 0. The number of nitrogens with one attached hydrogen (secondary N) is 1. The van der Waals surface area contributed by atoms with Crippen LogP contribution >= 0.6 is 11.6 Å². The zero-order valence-electron chi connectivity index (χ0n) is 10.6. The summed E-state index contributed by atoms with van der Waals surface area (Å²) in [5, 5.41) is 3.48. The summed E-state index contributed by atoms with van der Waals surface area (Å²) in [5.74, 6) is 0.175. The van der Waals surface area contributed by atoms with Gasteiger partial charge in [0.15, 0.2) is 0 Å². The first-order valence-corrected chi connectivity index (χ1v) is 6.77. The van der Waals surface area contributed by atoms with E-state index in [-0.39, 0.29) is 11.9 Å². The number of hydrogen-bond acceptors (Lipinski definition) is 2. The second-order valence-electron chi connectivity index (χ2n) is 5.42. The number of hydrogen-bond donors (Lipinski definition) is 1. The van der Waals surface area contributed by atoms with E-state index in [2.05, 4.69) is 5.32 Å². The molecular weight excluding hydrogens is 264 g/mol. The molecule has 1 N–H and O–H groups in total. The van der Waals surface area contributed by atoms with Crippen LogP contribution in [0.3, 0.4) is 0 Å². The average Bonchev–Trinajstić information content (AvgIpc) is 3.18. The first-order chi connectivity index (χ1) is 9.00. The van der Waals surface area contributed by atoms with Crippen molar-refractivity contribution < 1.29 is 9.59 Å². The van der Waals surface area contributed by atoms with Crippen LogP contribution in [0, 0.1) is 5.92 Å². The van der Waals surface area contributed by atoms with Gasteiger partial charge in [-0.2, -0.15) is 0 Å². The molecule has 1 aliphatic carbocycles. The average molecular weight is 279 g/mol. The summed E-state index contributed by atoms with van der Waals surface area (Å²) in [4.78, 5) is 25.7. The number of halogens is 1. The van der Waals surface area contributed by atoms with Crippen molar-refractivity contribution in [3.63, 3.8) is 0 Å². The number of carbonyl (C=O) groups excluding carboxylic acids is 2. The Labute approximate surface area is 116 Å². The highest BCUT2D eigenvalue weighted by Gasteiger charge is 2.55. The third-order valence-corrected chi connectivity index (χ3v) is 4.20. The summed E-state index contributed by atoms with van der Waals surface area (Å²) in [6.07, 6.45) is 2.02. The van der Waals surface area contributed by atoms with Crippen molar-refractivity contribution in [2.45, 2.75) is 31.8 Å². The van der Waals surface area contributed by atoms with Crippen LogP contribution in [0.2, 0.25) is 5.02 Å². The van der Waals surface area contributed by atoms with Gasteiger partial charge in [0.25, 0.3) is 5.91 Å². The van der Waals surface area contributed by atoms with Crippen LogP contribution in [0.15, 0.2) is 24.3 Å². The Balaban J connectivity index is 1.79. The molecule has 1 aromatic rings. The minimum Gasteiger partial charge on any atom is -0.323 e. The van der Waals surface area contributed by atoms with Crippen LogP contribution in [0.1, 0.15) is 25.3 Å². The molecule has 1 aliphatic heterocycles. The first kappa shape index (κ1) is 12.5. The molecule has 1 atom stereocenters. The van der Waals surface area contributed by atoms with E-state index in [4.69, 9.17) is 11.6 Å². The maximum Gasteiger partial charge on any atom is 0.325 e. The quantitative estimate of drug-likeness (QED) is 0.864. The van der Waals surface area contributed by atoms with Crippen molar-refractivity contribution in [2.24, 2.45) is 5.92 Å². The number of nitrogens with zero attached hydrogens (tertiary/aromatic N) is 1. The lowest BCUT2D eigenvalue weighted by Gasteiger charge is -2.21. The zero-order valence-corrected chi connectivity index (χ0v) is 11.4. The second-order valence-corrected chi connectivity index (χ2v) is 5.86. The highest BCUT2D eigenvalue weighted by atomic mass is 35.5.